The molecule has 2 amide bonds. The molecular weight excluding hydrogens is 242 g/mol. The van der Waals surface area contributed by atoms with E-state index in [4.69, 9.17) is 4.74 Å². The maximum absolute atomic E-state index is 12.2. The SMILES string of the molecule is CCCCC(=O)N1C(=O)OC[C@@]1(C)c1ccccc1. The molecule has 0 bridgehead atoms. The van der Waals surface area contributed by atoms with E-state index in [1.54, 1.807) is 0 Å². The Labute approximate surface area is 113 Å². The van der Waals surface area contributed by atoms with Crippen molar-refractivity contribution in [3.05, 3.63) is 35.9 Å². The Morgan fingerprint density at radius 2 is 2.05 bits per heavy atom. The molecule has 1 aromatic rings. The molecule has 0 aliphatic carbocycles. The Kier molecular flexibility index (Phi) is 3.88. The minimum absolute atomic E-state index is 0.157. The zero-order chi connectivity index (χ0) is 13.9. The second kappa shape index (κ2) is 5.43. The number of carbonyl (C=O) groups is 2. The summed E-state index contributed by atoms with van der Waals surface area (Å²) in [4.78, 5) is 25.4. The van der Waals surface area contributed by atoms with E-state index in [1.807, 2.05) is 44.2 Å². The molecule has 1 aromatic carbocycles. The molecule has 19 heavy (non-hydrogen) atoms. The number of nitrogens with zero attached hydrogens (tertiary/aromatic N) is 1. The van der Waals surface area contributed by atoms with Gasteiger partial charge in [-0.15, -0.1) is 0 Å². The van der Waals surface area contributed by atoms with Gasteiger partial charge < -0.3 is 4.74 Å². The molecule has 2 rings (SSSR count). The zero-order valence-electron chi connectivity index (χ0n) is 11.4. The average molecular weight is 261 g/mol. The number of hydrogen-bond donors (Lipinski definition) is 0. The normalized spacial score (nSPS) is 22.4. The van der Waals surface area contributed by atoms with Crippen molar-refractivity contribution in [2.45, 2.75) is 38.6 Å². The van der Waals surface area contributed by atoms with Crippen LogP contribution in [0.25, 0.3) is 0 Å². The number of unbranched alkanes of at least 4 members (excludes halogenated alkanes) is 1. The maximum Gasteiger partial charge on any atom is 0.417 e. The highest BCUT2D eigenvalue weighted by Crippen LogP contribution is 2.35. The lowest BCUT2D eigenvalue weighted by atomic mass is 9.91. The predicted octanol–water partition coefficient (Wildman–Crippen LogP) is 3.07. The third-order valence-electron chi connectivity index (χ3n) is 3.54. The first-order valence-electron chi connectivity index (χ1n) is 6.65. The number of benzene rings is 1. The van der Waals surface area contributed by atoms with Crippen LogP contribution in [0.1, 0.15) is 38.7 Å². The molecule has 0 unspecified atom stereocenters. The number of cyclic esters (lactones) is 1. The predicted molar refractivity (Wildman–Crippen MR) is 71.5 cm³/mol. The lowest BCUT2D eigenvalue weighted by Crippen LogP contribution is -2.46. The molecular formula is C15H19NO3. The van der Waals surface area contributed by atoms with Crippen LogP contribution >= 0.6 is 0 Å². The number of hydrogen-bond acceptors (Lipinski definition) is 3. The molecule has 0 spiro atoms. The number of ether oxygens (including phenoxy) is 1. The largest absolute Gasteiger partial charge is 0.446 e. The van der Waals surface area contributed by atoms with Crippen LogP contribution in [0.4, 0.5) is 4.79 Å². The first kappa shape index (κ1) is 13.6. The Balaban J connectivity index is 2.28. The van der Waals surface area contributed by atoms with Gasteiger partial charge in [0.05, 0.1) is 0 Å². The summed E-state index contributed by atoms with van der Waals surface area (Å²) in [7, 11) is 0. The quantitative estimate of drug-likeness (QED) is 0.836. The van der Waals surface area contributed by atoms with Crippen molar-refractivity contribution < 1.29 is 14.3 Å². The van der Waals surface area contributed by atoms with Crippen LogP contribution in [0.2, 0.25) is 0 Å². The zero-order valence-corrected chi connectivity index (χ0v) is 11.4. The van der Waals surface area contributed by atoms with E-state index in [0.717, 1.165) is 18.4 Å². The second-order valence-electron chi connectivity index (χ2n) is 5.03. The summed E-state index contributed by atoms with van der Waals surface area (Å²) >= 11 is 0. The topological polar surface area (TPSA) is 46.6 Å². The van der Waals surface area contributed by atoms with Crippen molar-refractivity contribution in [3.8, 4) is 0 Å². The van der Waals surface area contributed by atoms with Gasteiger partial charge in [-0.1, -0.05) is 43.7 Å². The fourth-order valence-electron chi connectivity index (χ4n) is 2.36. The van der Waals surface area contributed by atoms with Crippen LogP contribution in [-0.4, -0.2) is 23.5 Å². The molecule has 1 saturated heterocycles. The third kappa shape index (κ3) is 2.48. The molecule has 1 aliphatic rings. The van der Waals surface area contributed by atoms with Crippen molar-refractivity contribution in [2.75, 3.05) is 6.61 Å². The Morgan fingerprint density at radius 3 is 2.68 bits per heavy atom. The van der Waals surface area contributed by atoms with E-state index in [0.29, 0.717) is 6.42 Å². The van der Waals surface area contributed by atoms with Crippen molar-refractivity contribution in [1.82, 2.24) is 4.90 Å². The van der Waals surface area contributed by atoms with Gasteiger partial charge in [0.15, 0.2) is 0 Å². The van der Waals surface area contributed by atoms with E-state index in [9.17, 15) is 9.59 Å². The molecule has 1 fully saturated rings. The summed E-state index contributed by atoms with van der Waals surface area (Å²) in [6.07, 6.45) is 1.56. The van der Waals surface area contributed by atoms with Gasteiger partial charge in [-0.2, -0.15) is 0 Å². The molecule has 4 nitrogen and oxygen atoms in total. The minimum Gasteiger partial charge on any atom is -0.446 e. The summed E-state index contributed by atoms with van der Waals surface area (Å²) < 4.78 is 5.10. The standard InChI is InChI=1S/C15H19NO3/c1-3-4-10-13(17)16-14(18)19-11-15(16,2)12-8-6-5-7-9-12/h5-9H,3-4,10-11H2,1-2H3/t15-/m0/s1. The van der Waals surface area contributed by atoms with Crippen molar-refractivity contribution in [3.63, 3.8) is 0 Å². The summed E-state index contributed by atoms with van der Waals surface area (Å²) in [5.41, 5.74) is 0.231. The molecule has 0 saturated carbocycles. The Bertz CT molecular complexity index is 472. The van der Waals surface area contributed by atoms with E-state index in [-0.39, 0.29) is 12.5 Å². The van der Waals surface area contributed by atoms with E-state index >= 15 is 0 Å². The van der Waals surface area contributed by atoms with Crippen LogP contribution < -0.4 is 0 Å². The van der Waals surface area contributed by atoms with Gasteiger partial charge in [-0.3, -0.25) is 4.79 Å². The fraction of sp³-hybridized carbons (Fsp3) is 0.467. The molecule has 4 heteroatoms. The van der Waals surface area contributed by atoms with Crippen LogP contribution in [0.15, 0.2) is 30.3 Å². The number of imide groups is 1. The van der Waals surface area contributed by atoms with Gasteiger partial charge in [0.1, 0.15) is 12.1 Å². The number of amides is 2. The highest BCUT2D eigenvalue weighted by Gasteiger charge is 2.48. The monoisotopic (exact) mass is 261 g/mol. The Morgan fingerprint density at radius 1 is 1.37 bits per heavy atom. The van der Waals surface area contributed by atoms with Gasteiger partial charge in [0, 0.05) is 6.42 Å². The minimum atomic E-state index is -0.691. The van der Waals surface area contributed by atoms with E-state index < -0.39 is 11.6 Å². The molecule has 0 N–H and O–H groups in total. The van der Waals surface area contributed by atoms with Gasteiger partial charge >= 0.3 is 6.09 Å². The van der Waals surface area contributed by atoms with Gasteiger partial charge in [-0.05, 0) is 18.9 Å². The van der Waals surface area contributed by atoms with Crippen LogP contribution in [0.5, 0.6) is 0 Å². The van der Waals surface area contributed by atoms with Gasteiger partial charge in [-0.25, -0.2) is 9.69 Å². The average Bonchev–Trinajstić information content (AvgIpc) is 2.74. The highest BCUT2D eigenvalue weighted by molar-refractivity contribution is 5.94. The summed E-state index contributed by atoms with van der Waals surface area (Å²) in [6.45, 7) is 4.11. The van der Waals surface area contributed by atoms with Crippen LogP contribution in [0, 0.1) is 0 Å². The highest BCUT2D eigenvalue weighted by atomic mass is 16.6. The lowest BCUT2D eigenvalue weighted by Gasteiger charge is -2.30. The summed E-state index contributed by atoms with van der Waals surface area (Å²) in [5, 5.41) is 0. The first-order chi connectivity index (χ1) is 9.09. The molecule has 1 aliphatic heterocycles. The first-order valence-corrected chi connectivity index (χ1v) is 6.65. The summed E-state index contributed by atoms with van der Waals surface area (Å²) in [5.74, 6) is -0.157. The second-order valence-corrected chi connectivity index (χ2v) is 5.03. The van der Waals surface area contributed by atoms with Crippen molar-refractivity contribution in [2.24, 2.45) is 0 Å². The summed E-state index contributed by atoms with van der Waals surface area (Å²) in [6, 6.07) is 9.55. The Hall–Kier alpha value is -1.84. The third-order valence-corrected chi connectivity index (χ3v) is 3.54. The molecule has 1 atom stereocenters. The van der Waals surface area contributed by atoms with E-state index in [2.05, 4.69) is 0 Å². The molecule has 0 aromatic heterocycles. The smallest absolute Gasteiger partial charge is 0.417 e. The molecule has 0 radical (unpaired) electrons. The molecule has 102 valence electrons. The maximum atomic E-state index is 12.2. The number of rotatable bonds is 4. The van der Waals surface area contributed by atoms with Crippen molar-refractivity contribution >= 4 is 12.0 Å². The van der Waals surface area contributed by atoms with Crippen LogP contribution in [-0.2, 0) is 15.1 Å². The fourth-order valence-corrected chi connectivity index (χ4v) is 2.36. The number of carbonyl (C=O) groups excluding carboxylic acids is 2. The van der Waals surface area contributed by atoms with Crippen molar-refractivity contribution in [1.29, 1.82) is 0 Å². The van der Waals surface area contributed by atoms with Gasteiger partial charge in [0.25, 0.3) is 0 Å². The van der Waals surface area contributed by atoms with Gasteiger partial charge in [0.2, 0.25) is 5.91 Å². The van der Waals surface area contributed by atoms with E-state index in [1.165, 1.54) is 4.90 Å². The lowest BCUT2D eigenvalue weighted by molar-refractivity contribution is -0.131. The molecule has 1 heterocycles. The van der Waals surface area contributed by atoms with Crippen LogP contribution in [0.3, 0.4) is 0 Å².